The molecule has 0 heterocycles. The number of carbonyl (C=O) groups excluding carboxylic acids is 1. The van der Waals surface area contributed by atoms with Crippen LogP contribution in [-0.2, 0) is 17.5 Å². The van der Waals surface area contributed by atoms with Crippen molar-refractivity contribution in [3.63, 3.8) is 0 Å². The second-order valence-electron chi connectivity index (χ2n) is 5.71. The number of alkyl halides is 3. The Morgan fingerprint density at radius 2 is 1.86 bits per heavy atom. The maximum atomic E-state index is 12.4. The van der Waals surface area contributed by atoms with Gasteiger partial charge in [-0.1, -0.05) is 18.6 Å². The van der Waals surface area contributed by atoms with E-state index in [9.17, 15) is 18.0 Å². The molecule has 0 radical (unpaired) electrons. The van der Waals surface area contributed by atoms with Crippen molar-refractivity contribution in [2.75, 3.05) is 6.54 Å². The van der Waals surface area contributed by atoms with Crippen LogP contribution in [-0.4, -0.2) is 12.5 Å². The standard InChI is InChI=1S/C15H19F3N2O/c16-15(17,18)12-4-2-11(3-5-12)9-20-13(21)8-14(10-19)6-1-7-14/h2-5H,1,6-10,19H2,(H,20,21). The van der Waals surface area contributed by atoms with Gasteiger partial charge in [0.05, 0.1) is 5.56 Å². The molecule has 0 spiro atoms. The summed E-state index contributed by atoms with van der Waals surface area (Å²) in [7, 11) is 0. The molecular weight excluding hydrogens is 281 g/mol. The van der Waals surface area contributed by atoms with Crippen molar-refractivity contribution in [2.24, 2.45) is 11.1 Å². The molecule has 1 fully saturated rings. The number of benzene rings is 1. The van der Waals surface area contributed by atoms with Gasteiger partial charge in [-0.2, -0.15) is 13.2 Å². The molecule has 2 rings (SSSR count). The first kappa shape index (κ1) is 15.8. The summed E-state index contributed by atoms with van der Waals surface area (Å²) in [6, 6.07) is 4.81. The highest BCUT2D eigenvalue weighted by molar-refractivity contribution is 5.76. The maximum absolute atomic E-state index is 12.4. The second-order valence-corrected chi connectivity index (χ2v) is 5.71. The number of carbonyl (C=O) groups is 1. The fourth-order valence-corrected chi connectivity index (χ4v) is 2.55. The van der Waals surface area contributed by atoms with E-state index in [0.29, 0.717) is 18.5 Å². The molecule has 0 unspecified atom stereocenters. The van der Waals surface area contributed by atoms with Crippen molar-refractivity contribution >= 4 is 5.91 Å². The normalized spacial score (nSPS) is 17.1. The van der Waals surface area contributed by atoms with Crippen molar-refractivity contribution in [2.45, 2.75) is 38.4 Å². The van der Waals surface area contributed by atoms with Crippen LogP contribution in [0.25, 0.3) is 0 Å². The van der Waals surface area contributed by atoms with Crippen LogP contribution in [0.1, 0.15) is 36.8 Å². The summed E-state index contributed by atoms with van der Waals surface area (Å²) < 4.78 is 37.3. The molecule has 116 valence electrons. The molecule has 0 atom stereocenters. The van der Waals surface area contributed by atoms with Gasteiger partial charge in [-0.05, 0) is 42.5 Å². The summed E-state index contributed by atoms with van der Waals surface area (Å²) in [6.07, 6.45) is -0.901. The summed E-state index contributed by atoms with van der Waals surface area (Å²) in [5.41, 5.74) is 5.59. The van der Waals surface area contributed by atoms with Crippen LogP contribution >= 0.6 is 0 Å². The van der Waals surface area contributed by atoms with Gasteiger partial charge in [-0.25, -0.2) is 0 Å². The summed E-state index contributed by atoms with van der Waals surface area (Å²) in [4.78, 5) is 11.9. The topological polar surface area (TPSA) is 55.1 Å². The maximum Gasteiger partial charge on any atom is 0.416 e. The zero-order valence-corrected chi connectivity index (χ0v) is 11.7. The van der Waals surface area contributed by atoms with Crippen LogP contribution < -0.4 is 11.1 Å². The van der Waals surface area contributed by atoms with Crippen molar-refractivity contribution in [1.82, 2.24) is 5.32 Å². The predicted octanol–water partition coefficient (Wildman–Crippen LogP) is 2.84. The molecule has 3 nitrogen and oxygen atoms in total. The van der Waals surface area contributed by atoms with E-state index in [0.717, 1.165) is 31.4 Å². The second kappa shape index (κ2) is 6.05. The van der Waals surface area contributed by atoms with E-state index in [1.807, 2.05) is 0 Å². The van der Waals surface area contributed by atoms with Gasteiger partial charge in [-0.15, -0.1) is 0 Å². The first-order chi connectivity index (χ1) is 9.85. The summed E-state index contributed by atoms with van der Waals surface area (Å²) in [5.74, 6) is -0.0972. The van der Waals surface area contributed by atoms with Gasteiger partial charge in [0.15, 0.2) is 0 Å². The molecule has 1 aliphatic carbocycles. The van der Waals surface area contributed by atoms with Gasteiger partial charge in [0.1, 0.15) is 0 Å². The number of nitrogens with one attached hydrogen (secondary N) is 1. The Kier molecular flexibility index (Phi) is 4.56. The lowest BCUT2D eigenvalue weighted by molar-refractivity contribution is -0.137. The molecule has 1 aromatic rings. The minimum atomic E-state index is -4.33. The first-order valence-corrected chi connectivity index (χ1v) is 6.98. The third-order valence-corrected chi connectivity index (χ3v) is 4.15. The third-order valence-electron chi connectivity index (χ3n) is 4.15. The molecule has 1 aromatic carbocycles. The highest BCUT2D eigenvalue weighted by Gasteiger charge is 2.37. The lowest BCUT2D eigenvalue weighted by atomic mass is 9.66. The Balaban J connectivity index is 1.84. The molecular formula is C15H19F3N2O. The van der Waals surface area contributed by atoms with E-state index in [4.69, 9.17) is 5.73 Å². The van der Waals surface area contributed by atoms with Crippen LogP contribution in [0.5, 0.6) is 0 Å². The number of amides is 1. The van der Waals surface area contributed by atoms with Crippen LogP contribution in [0, 0.1) is 5.41 Å². The largest absolute Gasteiger partial charge is 0.416 e. The van der Waals surface area contributed by atoms with E-state index in [-0.39, 0.29) is 17.9 Å². The van der Waals surface area contributed by atoms with Gasteiger partial charge in [0, 0.05) is 13.0 Å². The average Bonchev–Trinajstić information content (AvgIpc) is 2.40. The number of hydrogen-bond acceptors (Lipinski definition) is 2. The van der Waals surface area contributed by atoms with Crippen LogP contribution in [0.4, 0.5) is 13.2 Å². The van der Waals surface area contributed by atoms with E-state index in [2.05, 4.69) is 5.32 Å². The zero-order valence-electron chi connectivity index (χ0n) is 11.7. The predicted molar refractivity (Wildman–Crippen MR) is 73.2 cm³/mol. The number of halogens is 3. The van der Waals surface area contributed by atoms with E-state index < -0.39 is 11.7 Å². The Labute approximate surface area is 121 Å². The Morgan fingerprint density at radius 3 is 2.29 bits per heavy atom. The lowest BCUT2D eigenvalue weighted by Gasteiger charge is -2.40. The third kappa shape index (κ3) is 3.97. The SMILES string of the molecule is NCC1(CC(=O)NCc2ccc(C(F)(F)F)cc2)CCC1. The summed E-state index contributed by atoms with van der Waals surface area (Å²) >= 11 is 0. The van der Waals surface area contributed by atoms with E-state index in [1.165, 1.54) is 12.1 Å². The highest BCUT2D eigenvalue weighted by atomic mass is 19.4. The van der Waals surface area contributed by atoms with Gasteiger partial charge in [0.2, 0.25) is 5.91 Å². The van der Waals surface area contributed by atoms with E-state index in [1.54, 1.807) is 0 Å². The average molecular weight is 300 g/mol. The van der Waals surface area contributed by atoms with Gasteiger partial charge < -0.3 is 11.1 Å². The van der Waals surface area contributed by atoms with Crippen molar-refractivity contribution in [3.8, 4) is 0 Å². The van der Waals surface area contributed by atoms with Crippen molar-refractivity contribution in [3.05, 3.63) is 35.4 Å². The fraction of sp³-hybridized carbons (Fsp3) is 0.533. The fourth-order valence-electron chi connectivity index (χ4n) is 2.55. The minimum absolute atomic E-state index is 0.0653. The Bertz CT molecular complexity index is 487. The summed E-state index contributed by atoms with van der Waals surface area (Å²) in [6.45, 7) is 0.734. The quantitative estimate of drug-likeness (QED) is 0.878. The molecule has 1 aliphatic rings. The molecule has 0 bridgehead atoms. The molecule has 3 N–H and O–H groups in total. The van der Waals surface area contributed by atoms with Crippen molar-refractivity contribution < 1.29 is 18.0 Å². The highest BCUT2D eigenvalue weighted by Crippen LogP contribution is 2.42. The van der Waals surface area contributed by atoms with Gasteiger partial charge in [0.25, 0.3) is 0 Å². The molecule has 0 aromatic heterocycles. The minimum Gasteiger partial charge on any atom is -0.352 e. The van der Waals surface area contributed by atoms with Crippen LogP contribution in [0.3, 0.4) is 0 Å². The van der Waals surface area contributed by atoms with Gasteiger partial charge in [-0.3, -0.25) is 4.79 Å². The molecule has 0 saturated heterocycles. The first-order valence-electron chi connectivity index (χ1n) is 6.98. The van der Waals surface area contributed by atoms with Crippen molar-refractivity contribution in [1.29, 1.82) is 0 Å². The zero-order chi connectivity index (χ0) is 15.5. The molecule has 0 aliphatic heterocycles. The smallest absolute Gasteiger partial charge is 0.352 e. The van der Waals surface area contributed by atoms with E-state index >= 15 is 0 Å². The molecule has 21 heavy (non-hydrogen) atoms. The number of hydrogen-bond donors (Lipinski definition) is 2. The van der Waals surface area contributed by atoms with Gasteiger partial charge >= 0.3 is 6.18 Å². The molecule has 1 amide bonds. The molecule has 1 saturated carbocycles. The Morgan fingerprint density at radius 1 is 1.24 bits per heavy atom. The monoisotopic (exact) mass is 300 g/mol. The van der Waals surface area contributed by atoms with Crippen LogP contribution in [0.15, 0.2) is 24.3 Å². The van der Waals surface area contributed by atoms with Crippen LogP contribution in [0.2, 0.25) is 0 Å². The lowest BCUT2D eigenvalue weighted by Crippen LogP contribution is -2.41. The Hall–Kier alpha value is -1.56. The molecule has 6 heteroatoms. The summed E-state index contributed by atoms with van der Waals surface area (Å²) in [5, 5.41) is 2.74. The number of nitrogens with two attached hydrogens (primary N) is 1. The number of rotatable bonds is 5.